The van der Waals surface area contributed by atoms with Gasteiger partial charge in [-0.2, -0.15) is 13.2 Å². The number of hydrogen-bond donors (Lipinski definition) is 1. The summed E-state index contributed by atoms with van der Waals surface area (Å²) in [5, 5.41) is 2.16. The number of halogens is 3. The summed E-state index contributed by atoms with van der Waals surface area (Å²) in [5.41, 5.74) is 5.95. The van der Waals surface area contributed by atoms with E-state index in [0.29, 0.717) is 11.3 Å². The fraction of sp³-hybridized carbons (Fsp3) is 0.455. The topological polar surface area (TPSA) is 33.7 Å². The van der Waals surface area contributed by atoms with Crippen LogP contribution in [-0.2, 0) is 11.3 Å². The fourth-order valence-corrected chi connectivity index (χ4v) is 4.66. The average Bonchev–Trinajstić information content (AvgIpc) is 3.16. The van der Waals surface area contributed by atoms with Gasteiger partial charge in [0, 0.05) is 12.5 Å². The highest BCUT2D eigenvalue weighted by molar-refractivity contribution is 5.48. The minimum atomic E-state index is -4.43. The van der Waals surface area contributed by atoms with E-state index in [-0.39, 0.29) is 24.1 Å². The van der Waals surface area contributed by atoms with E-state index in [4.69, 9.17) is 9.47 Å². The fourth-order valence-electron chi connectivity index (χ4n) is 4.66. The first kappa shape index (κ1) is 20.2. The van der Waals surface area contributed by atoms with Crippen molar-refractivity contribution in [2.45, 2.75) is 43.7 Å². The number of alkyl halides is 3. The van der Waals surface area contributed by atoms with E-state index < -0.39 is 12.3 Å². The molecule has 2 aromatic carbocycles. The molecular weight excluding hydrogens is 381 g/mol. The maximum absolute atomic E-state index is 13.5. The second kappa shape index (κ2) is 7.97. The zero-order chi connectivity index (χ0) is 20.6. The van der Waals surface area contributed by atoms with Crippen LogP contribution in [0.5, 0.6) is 5.75 Å². The van der Waals surface area contributed by atoms with Gasteiger partial charge in [0.2, 0.25) is 0 Å². The molecule has 156 valence electrons. The summed E-state index contributed by atoms with van der Waals surface area (Å²) in [6, 6.07) is 13.4. The number of hydrogen-bond acceptors (Lipinski definition) is 4. The summed E-state index contributed by atoms with van der Waals surface area (Å²) < 4.78 is 51.1. The van der Waals surface area contributed by atoms with Crippen LogP contribution >= 0.6 is 0 Å². The molecule has 1 N–H and O–H groups in total. The smallest absolute Gasteiger partial charge is 0.418 e. The predicted octanol–water partition coefficient (Wildman–Crippen LogP) is 4.88. The van der Waals surface area contributed by atoms with Crippen molar-refractivity contribution in [2.75, 3.05) is 20.7 Å². The number of nitrogens with one attached hydrogen (secondary N) is 1. The van der Waals surface area contributed by atoms with Crippen LogP contribution in [0.15, 0.2) is 42.5 Å². The molecule has 4 nitrogen and oxygen atoms in total. The number of fused-ring (bicyclic) bond motifs is 1. The van der Waals surface area contributed by atoms with Crippen molar-refractivity contribution in [3.8, 4) is 5.75 Å². The van der Waals surface area contributed by atoms with Crippen molar-refractivity contribution in [1.29, 1.82) is 0 Å². The molecule has 3 atom stereocenters. The molecule has 0 aliphatic carbocycles. The van der Waals surface area contributed by atoms with Crippen LogP contribution in [0.3, 0.4) is 0 Å². The van der Waals surface area contributed by atoms with Gasteiger partial charge in [-0.05, 0) is 54.3 Å². The molecule has 2 aromatic rings. The van der Waals surface area contributed by atoms with E-state index >= 15 is 0 Å². The van der Waals surface area contributed by atoms with Gasteiger partial charge in [0.1, 0.15) is 5.75 Å². The third-order valence-electron chi connectivity index (χ3n) is 5.94. The Morgan fingerprint density at radius 2 is 1.90 bits per heavy atom. The Morgan fingerprint density at radius 1 is 1.14 bits per heavy atom. The Balaban J connectivity index is 1.81. The van der Waals surface area contributed by atoms with Crippen LogP contribution in [0.1, 0.15) is 53.2 Å². The summed E-state index contributed by atoms with van der Waals surface area (Å²) in [6.07, 6.45) is -4.50. The van der Waals surface area contributed by atoms with Crippen molar-refractivity contribution >= 4 is 0 Å². The lowest BCUT2D eigenvalue weighted by atomic mass is 9.79. The van der Waals surface area contributed by atoms with Gasteiger partial charge in [-0.1, -0.05) is 30.3 Å². The molecule has 0 aromatic heterocycles. The van der Waals surface area contributed by atoms with E-state index in [1.54, 1.807) is 19.2 Å². The van der Waals surface area contributed by atoms with Crippen LogP contribution in [-0.4, -0.2) is 31.9 Å². The largest absolute Gasteiger partial charge is 0.496 e. The first-order valence-electron chi connectivity index (χ1n) is 9.82. The molecule has 0 spiro atoms. The van der Waals surface area contributed by atoms with Crippen LogP contribution in [0.4, 0.5) is 13.2 Å². The number of hydrazine groups is 1. The number of methoxy groups -OCH3 is 1. The minimum absolute atomic E-state index is 0.00596. The molecule has 2 heterocycles. The molecule has 1 saturated heterocycles. The number of benzene rings is 2. The Bertz CT molecular complexity index is 857. The van der Waals surface area contributed by atoms with Crippen LogP contribution < -0.4 is 10.2 Å². The Hall–Kier alpha value is -2.09. The standard InChI is InChI=1S/C22H25F3N2O2/c1-26-27-10-6-9-16(20(27)14-7-4-3-5-8-14)18-12-17-15(11-19(18)28-2)13-29-21(17)22(23,24)25/h3-5,7-8,11-12,16,20-21,26H,6,9-10,13H2,1-2H3/t16-,20+,21?/m0/s1. The lowest BCUT2D eigenvalue weighted by molar-refractivity contribution is -0.219. The Morgan fingerprint density at radius 3 is 2.55 bits per heavy atom. The molecule has 4 rings (SSSR count). The van der Waals surface area contributed by atoms with Crippen molar-refractivity contribution in [3.05, 3.63) is 64.7 Å². The SMILES string of the molecule is CNN1CCC[C@@H](c2cc3c(cc2OC)COC3C(F)(F)F)[C@H]1c1ccccc1. The second-order valence-electron chi connectivity index (χ2n) is 7.55. The third-order valence-corrected chi connectivity index (χ3v) is 5.94. The molecule has 1 unspecified atom stereocenters. The number of nitrogens with zero attached hydrogens (tertiary/aromatic N) is 1. The van der Waals surface area contributed by atoms with Crippen LogP contribution in [0.2, 0.25) is 0 Å². The lowest BCUT2D eigenvalue weighted by Gasteiger charge is -2.42. The van der Waals surface area contributed by atoms with Gasteiger partial charge in [0.05, 0.1) is 19.8 Å². The highest BCUT2D eigenvalue weighted by atomic mass is 19.4. The summed E-state index contributed by atoms with van der Waals surface area (Å²) in [5.74, 6) is 0.618. The Kier molecular flexibility index (Phi) is 5.55. The van der Waals surface area contributed by atoms with E-state index in [2.05, 4.69) is 22.6 Å². The van der Waals surface area contributed by atoms with Gasteiger partial charge in [0.15, 0.2) is 6.10 Å². The van der Waals surface area contributed by atoms with Gasteiger partial charge in [-0.15, -0.1) is 0 Å². The number of ether oxygens (including phenoxy) is 2. The molecule has 0 amide bonds. The molecule has 7 heteroatoms. The first-order valence-corrected chi connectivity index (χ1v) is 9.82. The van der Waals surface area contributed by atoms with Crippen molar-refractivity contribution in [2.24, 2.45) is 0 Å². The van der Waals surface area contributed by atoms with Crippen LogP contribution in [0.25, 0.3) is 0 Å². The zero-order valence-electron chi connectivity index (χ0n) is 16.5. The van der Waals surface area contributed by atoms with Gasteiger partial charge in [0.25, 0.3) is 0 Å². The monoisotopic (exact) mass is 406 g/mol. The molecule has 2 aliphatic rings. The van der Waals surface area contributed by atoms with Gasteiger partial charge < -0.3 is 9.47 Å². The Labute approximate surface area is 168 Å². The lowest BCUT2D eigenvalue weighted by Crippen LogP contribution is -2.44. The van der Waals surface area contributed by atoms with Gasteiger partial charge >= 0.3 is 6.18 Å². The van der Waals surface area contributed by atoms with Crippen molar-refractivity contribution in [1.82, 2.24) is 10.4 Å². The number of piperidine rings is 1. The van der Waals surface area contributed by atoms with Gasteiger partial charge in [-0.25, -0.2) is 5.01 Å². The first-order chi connectivity index (χ1) is 13.9. The molecule has 29 heavy (non-hydrogen) atoms. The number of rotatable bonds is 4. The van der Waals surface area contributed by atoms with E-state index in [0.717, 1.165) is 30.5 Å². The van der Waals surface area contributed by atoms with E-state index in [1.807, 2.05) is 25.2 Å². The summed E-state index contributed by atoms with van der Waals surface area (Å²) in [7, 11) is 3.45. The molecule has 0 radical (unpaired) electrons. The maximum Gasteiger partial charge on any atom is 0.418 e. The maximum atomic E-state index is 13.5. The molecular formula is C22H25F3N2O2. The second-order valence-corrected chi connectivity index (χ2v) is 7.55. The van der Waals surface area contributed by atoms with Crippen molar-refractivity contribution < 1.29 is 22.6 Å². The third kappa shape index (κ3) is 3.74. The molecule has 1 fully saturated rings. The minimum Gasteiger partial charge on any atom is -0.496 e. The van der Waals surface area contributed by atoms with Crippen LogP contribution in [0, 0.1) is 0 Å². The highest BCUT2D eigenvalue weighted by Gasteiger charge is 2.47. The average molecular weight is 406 g/mol. The summed E-state index contributed by atoms with van der Waals surface area (Å²) in [6.45, 7) is 0.819. The summed E-state index contributed by atoms with van der Waals surface area (Å²) in [4.78, 5) is 0. The quantitative estimate of drug-likeness (QED) is 0.784. The zero-order valence-corrected chi connectivity index (χ0v) is 16.5. The molecule has 2 aliphatic heterocycles. The normalized spacial score (nSPS) is 25.1. The van der Waals surface area contributed by atoms with E-state index in [9.17, 15) is 13.2 Å². The van der Waals surface area contributed by atoms with Gasteiger partial charge in [-0.3, -0.25) is 5.43 Å². The van der Waals surface area contributed by atoms with E-state index in [1.165, 1.54) is 0 Å². The van der Waals surface area contributed by atoms with Crippen molar-refractivity contribution in [3.63, 3.8) is 0 Å². The predicted molar refractivity (Wildman–Crippen MR) is 104 cm³/mol. The highest BCUT2D eigenvalue weighted by Crippen LogP contribution is 2.49. The summed E-state index contributed by atoms with van der Waals surface area (Å²) >= 11 is 0. The molecule has 0 saturated carbocycles. The molecule has 0 bridgehead atoms.